The third kappa shape index (κ3) is 4.07. The SMILES string of the molecule is O=C(Nc1ccc(Cl)cn1)C1CCCN(CCn2nc3ccccn3c2=O)C1. The molecule has 9 heteroatoms. The molecule has 28 heavy (non-hydrogen) atoms. The summed E-state index contributed by atoms with van der Waals surface area (Å²) in [4.78, 5) is 31.2. The van der Waals surface area contributed by atoms with Crippen LogP contribution >= 0.6 is 11.6 Å². The minimum atomic E-state index is -0.143. The highest BCUT2D eigenvalue weighted by atomic mass is 35.5. The fraction of sp³-hybridized carbons (Fsp3) is 0.368. The molecule has 0 saturated carbocycles. The molecule has 1 aliphatic heterocycles. The van der Waals surface area contributed by atoms with Crippen LogP contribution in [0.3, 0.4) is 0 Å². The first-order valence-corrected chi connectivity index (χ1v) is 9.67. The van der Waals surface area contributed by atoms with Crippen molar-refractivity contribution in [1.82, 2.24) is 24.1 Å². The van der Waals surface area contributed by atoms with Crippen molar-refractivity contribution in [2.75, 3.05) is 25.0 Å². The molecule has 8 nitrogen and oxygen atoms in total. The number of anilines is 1. The summed E-state index contributed by atoms with van der Waals surface area (Å²) in [7, 11) is 0. The minimum absolute atomic E-state index is 0.0376. The summed E-state index contributed by atoms with van der Waals surface area (Å²) in [6.45, 7) is 2.73. The standard InChI is InChI=1S/C19H21ClN6O2/c20-15-6-7-16(21-12-15)22-18(27)14-4-3-8-24(13-14)10-11-26-19(28)25-9-2-1-5-17(25)23-26/h1-2,5-7,9,12,14H,3-4,8,10-11,13H2,(H,21,22,27). The lowest BCUT2D eigenvalue weighted by Gasteiger charge is -2.31. The van der Waals surface area contributed by atoms with Crippen LogP contribution in [0, 0.1) is 5.92 Å². The molecule has 1 unspecified atom stereocenters. The summed E-state index contributed by atoms with van der Waals surface area (Å²) in [6, 6.07) is 8.86. The van der Waals surface area contributed by atoms with Gasteiger partial charge in [0.1, 0.15) is 5.82 Å². The summed E-state index contributed by atoms with van der Waals surface area (Å²) in [5.41, 5.74) is 0.495. The van der Waals surface area contributed by atoms with E-state index in [-0.39, 0.29) is 17.5 Å². The van der Waals surface area contributed by atoms with E-state index in [2.05, 4.69) is 20.3 Å². The zero-order valence-electron chi connectivity index (χ0n) is 15.3. The molecule has 4 heterocycles. The molecule has 1 atom stereocenters. The summed E-state index contributed by atoms with van der Waals surface area (Å²) in [6.07, 6.45) is 5.00. The maximum atomic E-state index is 12.6. The Morgan fingerprint density at radius 2 is 2.14 bits per heavy atom. The Morgan fingerprint density at radius 1 is 1.25 bits per heavy atom. The van der Waals surface area contributed by atoms with Crippen molar-refractivity contribution in [1.29, 1.82) is 0 Å². The monoisotopic (exact) mass is 400 g/mol. The molecule has 0 bridgehead atoms. The van der Waals surface area contributed by atoms with E-state index in [0.717, 1.165) is 19.4 Å². The summed E-state index contributed by atoms with van der Waals surface area (Å²) >= 11 is 5.83. The van der Waals surface area contributed by atoms with Crippen LogP contribution < -0.4 is 11.0 Å². The molecule has 3 aromatic rings. The van der Waals surface area contributed by atoms with Crippen molar-refractivity contribution in [2.45, 2.75) is 19.4 Å². The predicted octanol–water partition coefficient (Wildman–Crippen LogP) is 1.90. The van der Waals surface area contributed by atoms with Crippen LogP contribution in [0.5, 0.6) is 0 Å². The Hall–Kier alpha value is -2.71. The zero-order chi connectivity index (χ0) is 19.5. The van der Waals surface area contributed by atoms with E-state index < -0.39 is 0 Å². The maximum Gasteiger partial charge on any atom is 0.350 e. The first kappa shape index (κ1) is 18.6. The van der Waals surface area contributed by atoms with Gasteiger partial charge in [0.25, 0.3) is 0 Å². The second-order valence-corrected chi connectivity index (χ2v) is 7.36. The third-order valence-corrected chi connectivity index (χ3v) is 5.19. The highest BCUT2D eigenvalue weighted by Crippen LogP contribution is 2.18. The van der Waals surface area contributed by atoms with Crippen LogP contribution in [0.1, 0.15) is 12.8 Å². The molecular weight excluding hydrogens is 380 g/mol. The normalized spacial score (nSPS) is 17.7. The number of nitrogens with zero attached hydrogens (tertiary/aromatic N) is 5. The lowest BCUT2D eigenvalue weighted by Crippen LogP contribution is -2.42. The lowest BCUT2D eigenvalue weighted by atomic mass is 9.97. The second-order valence-electron chi connectivity index (χ2n) is 6.93. The lowest BCUT2D eigenvalue weighted by molar-refractivity contribution is -0.121. The number of likely N-dealkylation sites (tertiary alicyclic amines) is 1. The average molecular weight is 401 g/mol. The van der Waals surface area contributed by atoms with Gasteiger partial charge in [0.2, 0.25) is 5.91 Å². The van der Waals surface area contributed by atoms with Gasteiger partial charge in [-0.3, -0.25) is 9.20 Å². The second kappa shape index (κ2) is 8.12. The molecule has 4 rings (SSSR count). The number of amides is 1. The van der Waals surface area contributed by atoms with Crippen LogP contribution in [-0.2, 0) is 11.3 Å². The summed E-state index contributed by atoms with van der Waals surface area (Å²) in [5.74, 6) is 0.358. The van der Waals surface area contributed by atoms with E-state index in [9.17, 15) is 9.59 Å². The van der Waals surface area contributed by atoms with Crippen molar-refractivity contribution < 1.29 is 4.79 Å². The Bertz CT molecular complexity index is 1030. The van der Waals surface area contributed by atoms with E-state index in [1.807, 2.05) is 18.2 Å². The molecule has 1 aliphatic rings. The number of pyridine rings is 2. The van der Waals surface area contributed by atoms with Gasteiger partial charge in [-0.1, -0.05) is 17.7 Å². The van der Waals surface area contributed by atoms with Crippen molar-refractivity contribution in [2.24, 2.45) is 5.92 Å². The number of hydrogen-bond donors (Lipinski definition) is 1. The quantitative estimate of drug-likeness (QED) is 0.707. The Labute approximate surface area is 166 Å². The van der Waals surface area contributed by atoms with Crippen molar-refractivity contribution >= 4 is 29.0 Å². The van der Waals surface area contributed by atoms with Crippen LogP contribution in [0.2, 0.25) is 5.02 Å². The van der Waals surface area contributed by atoms with Crippen molar-refractivity contribution in [3.05, 3.63) is 58.2 Å². The number of carbonyl (C=O) groups is 1. The fourth-order valence-corrected chi connectivity index (χ4v) is 3.61. The molecule has 1 amide bonds. The number of rotatable bonds is 5. The number of carbonyl (C=O) groups excluding carboxylic acids is 1. The molecule has 1 saturated heterocycles. The number of nitrogens with one attached hydrogen (secondary N) is 1. The number of halogens is 1. The van der Waals surface area contributed by atoms with E-state index in [1.165, 1.54) is 15.3 Å². The van der Waals surface area contributed by atoms with E-state index in [0.29, 0.717) is 36.1 Å². The molecule has 1 fully saturated rings. The van der Waals surface area contributed by atoms with Crippen LogP contribution in [0.4, 0.5) is 5.82 Å². The summed E-state index contributed by atoms with van der Waals surface area (Å²) < 4.78 is 3.02. The first-order chi connectivity index (χ1) is 13.6. The van der Waals surface area contributed by atoms with Gasteiger partial charge in [-0.15, -0.1) is 5.10 Å². The largest absolute Gasteiger partial charge is 0.350 e. The number of hydrogen-bond acceptors (Lipinski definition) is 5. The van der Waals surface area contributed by atoms with Gasteiger partial charge in [0, 0.05) is 25.5 Å². The van der Waals surface area contributed by atoms with Crippen molar-refractivity contribution in [3.63, 3.8) is 0 Å². The molecule has 0 aliphatic carbocycles. The van der Waals surface area contributed by atoms with Gasteiger partial charge in [-0.05, 0) is 43.7 Å². The van der Waals surface area contributed by atoms with Crippen LogP contribution in [0.25, 0.3) is 5.65 Å². The smallest absolute Gasteiger partial charge is 0.310 e. The van der Waals surface area contributed by atoms with Crippen LogP contribution in [-0.4, -0.2) is 49.6 Å². The number of fused-ring (bicyclic) bond motifs is 1. The maximum absolute atomic E-state index is 12.6. The van der Waals surface area contributed by atoms with Crippen molar-refractivity contribution in [3.8, 4) is 0 Å². The van der Waals surface area contributed by atoms with Crippen LogP contribution in [0.15, 0.2) is 47.5 Å². The van der Waals surface area contributed by atoms with Gasteiger partial charge in [-0.2, -0.15) is 0 Å². The molecule has 146 valence electrons. The van der Waals surface area contributed by atoms with Gasteiger partial charge >= 0.3 is 5.69 Å². The minimum Gasteiger partial charge on any atom is -0.310 e. The number of aromatic nitrogens is 4. The highest BCUT2D eigenvalue weighted by Gasteiger charge is 2.26. The molecule has 3 aromatic heterocycles. The number of piperidine rings is 1. The molecule has 0 radical (unpaired) electrons. The summed E-state index contributed by atoms with van der Waals surface area (Å²) in [5, 5.41) is 7.74. The highest BCUT2D eigenvalue weighted by molar-refractivity contribution is 6.30. The topological polar surface area (TPSA) is 84.5 Å². The first-order valence-electron chi connectivity index (χ1n) is 9.29. The average Bonchev–Trinajstić information content (AvgIpc) is 3.04. The fourth-order valence-electron chi connectivity index (χ4n) is 3.50. The molecule has 1 N–H and O–H groups in total. The Balaban J connectivity index is 1.35. The zero-order valence-corrected chi connectivity index (χ0v) is 16.0. The Kier molecular flexibility index (Phi) is 5.40. The molecule has 0 spiro atoms. The van der Waals surface area contributed by atoms with Gasteiger partial charge in [-0.25, -0.2) is 14.5 Å². The van der Waals surface area contributed by atoms with Gasteiger partial charge in [0.15, 0.2) is 5.65 Å². The van der Waals surface area contributed by atoms with E-state index in [1.54, 1.807) is 18.3 Å². The van der Waals surface area contributed by atoms with E-state index >= 15 is 0 Å². The third-order valence-electron chi connectivity index (χ3n) is 4.97. The Morgan fingerprint density at radius 3 is 2.93 bits per heavy atom. The van der Waals surface area contributed by atoms with Gasteiger partial charge < -0.3 is 10.2 Å². The molecule has 0 aromatic carbocycles. The molecular formula is C19H21ClN6O2. The predicted molar refractivity (Wildman–Crippen MR) is 106 cm³/mol. The van der Waals surface area contributed by atoms with E-state index in [4.69, 9.17) is 11.6 Å². The van der Waals surface area contributed by atoms with Gasteiger partial charge in [0.05, 0.1) is 17.5 Å².